The summed E-state index contributed by atoms with van der Waals surface area (Å²) in [5.41, 5.74) is 3.13. The van der Waals surface area contributed by atoms with E-state index in [1.807, 2.05) is 25.2 Å². The average molecular weight is 291 g/mol. The van der Waals surface area contributed by atoms with Gasteiger partial charge in [-0.3, -0.25) is 9.59 Å². The van der Waals surface area contributed by atoms with Gasteiger partial charge in [-0.15, -0.1) is 0 Å². The number of carbonyl (C=O) groups is 2. The summed E-state index contributed by atoms with van der Waals surface area (Å²) in [6, 6.07) is 5.79. The molecule has 0 saturated heterocycles. The molecule has 0 bridgehead atoms. The fourth-order valence-corrected chi connectivity index (χ4v) is 2.42. The topological polar surface area (TPSA) is 81.7 Å². The first-order chi connectivity index (χ1) is 10.0. The molecule has 0 aromatic heterocycles. The summed E-state index contributed by atoms with van der Waals surface area (Å²) < 4.78 is 0. The Hall–Kier alpha value is -2.08. The summed E-state index contributed by atoms with van der Waals surface area (Å²) >= 11 is 0. The van der Waals surface area contributed by atoms with Gasteiger partial charge < -0.3 is 20.6 Å². The van der Waals surface area contributed by atoms with Gasteiger partial charge in [-0.1, -0.05) is 12.1 Å². The van der Waals surface area contributed by atoms with E-state index >= 15 is 0 Å². The van der Waals surface area contributed by atoms with Crippen molar-refractivity contribution in [3.8, 4) is 0 Å². The minimum atomic E-state index is -0.820. The lowest BCUT2D eigenvalue weighted by Crippen LogP contribution is -2.41. The number of aliphatic hydroxyl groups is 1. The van der Waals surface area contributed by atoms with E-state index in [-0.39, 0.29) is 6.54 Å². The van der Waals surface area contributed by atoms with Gasteiger partial charge >= 0.3 is 11.8 Å². The molecule has 6 nitrogen and oxygen atoms in total. The van der Waals surface area contributed by atoms with Crippen LogP contribution in [-0.2, 0) is 16.0 Å². The van der Waals surface area contributed by atoms with E-state index in [9.17, 15) is 14.7 Å². The molecule has 1 aliphatic heterocycles. The first-order valence-electron chi connectivity index (χ1n) is 7.11. The van der Waals surface area contributed by atoms with Crippen molar-refractivity contribution < 1.29 is 14.7 Å². The number of aliphatic hydroxyl groups excluding tert-OH is 1. The van der Waals surface area contributed by atoms with Crippen LogP contribution in [0.15, 0.2) is 18.2 Å². The molecule has 6 heteroatoms. The molecule has 21 heavy (non-hydrogen) atoms. The zero-order valence-electron chi connectivity index (χ0n) is 12.3. The third-order valence-corrected chi connectivity index (χ3v) is 3.62. The van der Waals surface area contributed by atoms with E-state index in [2.05, 4.69) is 15.5 Å². The first-order valence-corrected chi connectivity index (χ1v) is 7.11. The van der Waals surface area contributed by atoms with Crippen molar-refractivity contribution in [1.29, 1.82) is 0 Å². The van der Waals surface area contributed by atoms with Crippen LogP contribution in [0.3, 0.4) is 0 Å². The second-order valence-electron chi connectivity index (χ2n) is 5.14. The van der Waals surface area contributed by atoms with Gasteiger partial charge in [0, 0.05) is 32.4 Å². The van der Waals surface area contributed by atoms with E-state index in [0.29, 0.717) is 6.54 Å². The fraction of sp³-hybridized carbons (Fsp3) is 0.467. The number of carbonyl (C=O) groups excluding carboxylic acids is 2. The minimum Gasteiger partial charge on any atom is -0.387 e. The normalized spacial score (nSPS) is 14.5. The van der Waals surface area contributed by atoms with Crippen molar-refractivity contribution in [2.75, 3.05) is 31.6 Å². The number of anilines is 1. The van der Waals surface area contributed by atoms with Gasteiger partial charge in [-0.05, 0) is 30.5 Å². The molecular weight excluding hydrogens is 270 g/mol. The van der Waals surface area contributed by atoms with Crippen LogP contribution in [0.5, 0.6) is 0 Å². The van der Waals surface area contributed by atoms with Crippen molar-refractivity contribution in [2.45, 2.75) is 19.4 Å². The number of likely N-dealkylation sites (N-methyl/N-ethyl adjacent to an activating group) is 2. The Kier molecular flexibility index (Phi) is 4.80. The Balaban J connectivity index is 1.94. The molecule has 0 saturated carbocycles. The highest BCUT2D eigenvalue weighted by Gasteiger charge is 2.19. The molecule has 3 N–H and O–H groups in total. The third kappa shape index (κ3) is 3.52. The van der Waals surface area contributed by atoms with Gasteiger partial charge in [-0.2, -0.15) is 0 Å². The second kappa shape index (κ2) is 6.58. The Morgan fingerprint density at radius 1 is 1.33 bits per heavy atom. The minimum absolute atomic E-state index is 0.0184. The van der Waals surface area contributed by atoms with Gasteiger partial charge in [0.25, 0.3) is 0 Å². The number of fused-ring (bicyclic) bond motifs is 1. The average Bonchev–Trinajstić information content (AvgIpc) is 2.85. The number of hydrogen-bond acceptors (Lipinski definition) is 4. The molecule has 114 valence electrons. The van der Waals surface area contributed by atoms with E-state index in [1.54, 1.807) is 6.92 Å². The molecule has 0 aliphatic carbocycles. The summed E-state index contributed by atoms with van der Waals surface area (Å²) in [5, 5.41) is 15.0. The maximum Gasteiger partial charge on any atom is 0.309 e. The maximum atomic E-state index is 11.5. The molecule has 1 aliphatic rings. The van der Waals surface area contributed by atoms with Crippen LogP contribution in [0.2, 0.25) is 0 Å². The standard InChI is InChI=1S/C15H21N3O3/c1-3-16-14(20)15(21)17-9-13(19)11-4-5-12-10(8-11)6-7-18(12)2/h4-5,8,13,19H,3,6-7,9H2,1-2H3,(H,16,20)(H,17,21). The summed E-state index contributed by atoms with van der Waals surface area (Å²) in [6.07, 6.45) is 0.136. The largest absolute Gasteiger partial charge is 0.387 e. The lowest BCUT2D eigenvalue weighted by atomic mass is 10.0. The predicted octanol–water partition coefficient (Wildman–Crippen LogP) is -0.0354. The van der Waals surface area contributed by atoms with Crippen LogP contribution in [0, 0.1) is 0 Å². The molecule has 1 aromatic rings. The maximum absolute atomic E-state index is 11.5. The quantitative estimate of drug-likeness (QED) is 0.680. The SMILES string of the molecule is CCNC(=O)C(=O)NCC(O)c1ccc2c(c1)CCN2C. The lowest BCUT2D eigenvalue weighted by Gasteiger charge is -2.15. The molecule has 2 amide bonds. The highest BCUT2D eigenvalue weighted by Crippen LogP contribution is 2.29. The molecule has 2 rings (SSSR count). The van der Waals surface area contributed by atoms with E-state index in [1.165, 1.54) is 11.3 Å². The molecule has 1 unspecified atom stereocenters. The predicted molar refractivity (Wildman–Crippen MR) is 80.1 cm³/mol. The Bertz CT molecular complexity index is 545. The van der Waals surface area contributed by atoms with Gasteiger partial charge in [0.1, 0.15) is 0 Å². The molecule has 0 fully saturated rings. The van der Waals surface area contributed by atoms with E-state index in [4.69, 9.17) is 0 Å². The number of nitrogens with zero attached hydrogens (tertiary/aromatic N) is 1. The lowest BCUT2D eigenvalue weighted by molar-refractivity contribution is -0.139. The number of benzene rings is 1. The zero-order chi connectivity index (χ0) is 15.4. The van der Waals surface area contributed by atoms with Gasteiger partial charge in [0.15, 0.2) is 0 Å². The first kappa shape index (κ1) is 15.3. The molecule has 0 radical (unpaired) electrons. The summed E-state index contributed by atoms with van der Waals surface area (Å²) in [4.78, 5) is 24.9. The zero-order valence-corrected chi connectivity index (χ0v) is 12.3. The number of nitrogens with one attached hydrogen (secondary N) is 2. The fourth-order valence-electron chi connectivity index (χ4n) is 2.42. The van der Waals surface area contributed by atoms with E-state index in [0.717, 1.165) is 18.5 Å². The molecule has 1 atom stereocenters. The van der Waals surface area contributed by atoms with E-state index < -0.39 is 17.9 Å². The monoisotopic (exact) mass is 291 g/mol. The van der Waals surface area contributed by atoms with Crippen molar-refractivity contribution >= 4 is 17.5 Å². The van der Waals surface area contributed by atoms with Crippen LogP contribution >= 0.6 is 0 Å². The Morgan fingerprint density at radius 2 is 2.05 bits per heavy atom. The van der Waals surface area contributed by atoms with Gasteiger partial charge in [-0.25, -0.2) is 0 Å². The molecule has 1 heterocycles. The van der Waals surface area contributed by atoms with Gasteiger partial charge in [0.2, 0.25) is 0 Å². The van der Waals surface area contributed by atoms with Crippen molar-refractivity contribution in [1.82, 2.24) is 10.6 Å². The highest BCUT2D eigenvalue weighted by molar-refractivity contribution is 6.35. The Labute approximate surface area is 124 Å². The summed E-state index contributed by atoms with van der Waals surface area (Å²) in [7, 11) is 2.04. The van der Waals surface area contributed by atoms with Gasteiger partial charge in [0.05, 0.1) is 6.10 Å². The van der Waals surface area contributed by atoms with Crippen LogP contribution in [0.25, 0.3) is 0 Å². The number of hydrogen-bond donors (Lipinski definition) is 3. The summed E-state index contributed by atoms with van der Waals surface area (Å²) in [5.74, 6) is -1.41. The third-order valence-electron chi connectivity index (χ3n) is 3.62. The second-order valence-corrected chi connectivity index (χ2v) is 5.14. The Morgan fingerprint density at radius 3 is 2.76 bits per heavy atom. The van der Waals surface area contributed by atoms with Crippen LogP contribution in [0.1, 0.15) is 24.2 Å². The highest BCUT2D eigenvalue weighted by atomic mass is 16.3. The molecule has 0 spiro atoms. The van der Waals surface area contributed by atoms with Crippen LogP contribution in [-0.4, -0.2) is 43.6 Å². The smallest absolute Gasteiger partial charge is 0.309 e. The molecular formula is C15H21N3O3. The van der Waals surface area contributed by atoms with Crippen LogP contribution < -0.4 is 15.5 Å². The number of rotatable bonds is 4. The van der Waals surface area contributed by atoms with Crippen LogP contribution in [0.4, 0.5) is 5.69 Å². The summed E-state index contributed by atoms with van der Waals surface area (Å²) in [6.45, 7) is 3.13. The van der Waals surface area contributed by atoms with Crippen molar-refractivity contribution in [2.24, 2.45) is 0 Å². The van der Waals surface area contributed by atoms with Crippen molar-refractivity contribution in [3.63, 3.8) is 0 Å². The van der Waals surface area contributed by atoms with Crippen molar-refractivity contribution in [3.05, 3.63) is 29.3 Å². The molecule has 1 aromatic carbocycles. The number of amides is 2.